The maximum absolute atomic E-state index is 5.03. The average molecular weight is 185 g/mol. The first-order chi connectivity index (χ1) is 6.95. The van der Waals surface area contributed by atoms with E-state index in [0.717, 1.165) is 18.5 Å². The molecule has 70 valence electrons. The van der Waals surface area contributed by atoms with Gasteiger partial charge >= 0.3 is 0 Å². The second kappa shape index (κ2) is 2.98. The highest BCUT2D eigenvalue weighted by molar-refractivity contribution is 5.39. The number of fused-ring (bicyclic) bond motifs is 1. The molecule has 3 rings (SSSR count). The maximum atomic E-state index is 5.03. The molecular weight excluding hydrogens is 174 g/mol. The van der Waals surface area contributed by atoms with Gasteiger partial charge < -0.3 is 4.42 Å². The van der Waals surface area contributed by atoms with Crippen LogP contribution in [0.4, 0.5) is 0 Å². The van der Waals surface area contributed by atoms with E-state index >= 15 is 0 Å². The van der Waals surface area contributed by atoms with Gasteiger partial charge in [0.25, 0.3) is 0 Å². The Morgan fingerprint density at radius 3 is 3.07 bits per heavy atom. The van der Waals surface area contributed by atoms with Crippen molar-refractivity contribution in [2.24, 2.45) is 0 Å². The molecule has 1 atom stereocenters. The van der Waals surface area contributed by atoms with E-state index in [1.54, 1.807) is 6.26 Å². The van der Waals surface area contributed by atoms with Crippen molar-refractivity contribution in [1.82, 2.24) is 4.98 Å². The van der Waals surface area contributed by atoms with E-state index in [-0.39, 0.29) is 0 Å². The minimum Gasteiger partial charge on any atom is -0.451 e. The van der Waals surface area contributed by atoms with E-state index in [1.165, 1.54) is 17.5 Å². The Hall–Kier alpha value is -1.57. The van der Waals surface area contributed by atoms with E-state index in [2.05, 4.69) is 29.2 Å². The summed E-state index contributed by atoms with van der Waals surface area (Å²) < 4.78 is 5.03. The van der Waals surface area contributed by atoms with Crippen molar-refractivity contribution in [3.8, 4) is 0 Å². The highest BCUT2D eigenvalue weighted by Gasteiger charge is 2.24. The third kappa shape index (κ3) is 1.07. The Morgan fingerprint density at radius 2 is 2.21 bits per heavy atom. The van der Waals surface area contributed by atoms with Crippen molar-refractivity contribution in [2.45, 2.75) is 18.8 Å². The molecule has 0 saturated heterocycles. The van der Waals surface area contributed by atoms with Crippen LogP contribution in [0.5, 0.6) is 0 Å². The van der Waals surface area contributed by atoms with Gasteiger partial charge in [-0.25, -0.2) is 4.98 Å². The van der Waals surface area contributed by atoms with E-state index in [1.807, 2.05) is 0 Å². The molecule has 1 unspecified atom stereocenters. The summed E-state index contributed by atoms with van der Waals surface area (Å²) in [6.45, 7) is 0. The molecular formula is C12H11NO. The first-order valence-electron chi connectivity index (χ1n) is 4.91. The smallest absolute Gasteiger partial charge is 0.180 e. The van der Waals surface area contributed by atoms with Crippen LogP contribution in [0.25, 0.3) is 0 Å². The highest BCUT2D eigenvalue weighted by atomic mass is 16.3. The lowest BCUT2D eigenvalue weighted by molar-refractivity contribution is 0.555. The monoisotopic (exact) mass is 185 g/mol. The standard InChI is InChI=1S/C12H11NO/c1-2-4-10-9(3-1)5-6-11(10)12-7-14-8-13-12/h1-4,7-8,11H,5-6H2. The number of nitrogens with zero attached hydrogens (tertiary/aromatic N) is 1. The summed E-state index contributed by atoms with van der Waals surface area (Å²) in [4.78, 5) is 4.23. The summed E-state index contributed by atoms with van der Waals surface area (Å²) in [5, 5.41) is 0. The molecule has 1 aliphatic rings. The van der Waals surface area contributed by atoms with Gasteiger partial charge in [-0.2, -0.15) is 0 Å². The fraction of sp³-hybridized carbons (Fsp3) is 0.250. The minimum absolute atomic E-state index is 0.449. The van der Waals surface area contributed by atoms with Crippen LogP contribution in [0.2, 0.25) is 0 Å². The molecule has 0 radical (unpaired) electrons. The summed E-state index contributed by atoms with van der Waals surface area (Å²) in [5.74, 6) is 0.449. The number of aromatic nitrogens is 1. The molecule has 1 aliphatic carbocycles. The largest absolute Gasteiger partial charge is 0.451 e. The van der Waals surface area contributed by atoms with Crippen LogP contribution < -0.4 is 0 Å². The summed E-state index contributed by atoms with van der Waals surface area (Å²) >= 11 is 0. The number of benzene rings is 1. The Bertz CT molecular complexity index is 433. The summed E-state index contributed by atoms with van der Waals surface area (Å²) in [5.41, 5.74) is 3.94. The van der Waals surface area contributed by atoms with E-state index in [9.17, 15) is 0 Å². The molecule has 2 aromatic rings. The minimum atomic E-state index is 0.449. The molecule has 1 aromatic carbocycles. The van der Waals surface area contributed by atoms with E-state index in [0.29, 0.717) is 5.92 Å². The number of oxazole rings is 1. The zero-order valence-corrected chi connectivity index (χ0v) is 7.81. The zero-order valence-electron chi connectivity index (χ0n) is 7.81. The molecule has 0 amide bonds. The van der Waals surface area contributed by atoms with Gasteiger partial charge in [0, 0.05) is 5.92 Å². The van der Waals surface area contributed by atoms with Crippen molar-refractivity contribution < 1.29 is 4.42 Å². The SMILES string of the molecule is c1ccc2c(c1)CCC2c1cocn1. The van der Waals surface area contributed by atoms with Gasteiger partial charge in [-0.05, 0) is 24.0 Å². The van der Waals surface area contributed by atoms with Gasteiger partial charge in [-0.15, -0.1) is 0 Å². The van der Waals surface area contributed by atoms with E-state index < -0.39 is 0 Å². The van der Waals surface area contributed by atoms with Gasteiger partial charge in [0.05, 0.1) is 5.69 Å². The Labute approximate surface area is 82.6 Å². The second-order valence-corrected chi connectivity index (χ2v) is 3.70. The highest BCUT2D eigenvalue weighted by Crippen LogP contribution is 2.36. The third-order valence-electron chi connectivity index (χ3n) is 2.94. The Morgan fingerprint density at radius 1 is 1.29 bits per heavy atom. The molecule has 2 nitrogen and oxygen atoms in total. The predicted molar refractivity (Wildman–Crippen MR) is 53.1 cm³/mol. The van der Waals surface area contributed by atoms with Crippen LogP contribution in [0.3, 0.4) is 0 Å². The number of hydrogen-bond donors (Lipinski definition) is 0. The van der Waals surface area contributed by atoms with E-state index in [4.69, 9.17) is 4.42 Å². The molecule has 2 heteroatoms. The quantitative estimate of drug-likeness (QED) is 0.682. The second-order valence-electron chi connectivity index (χ2n) is 3.70. The fourth-order valence-electron chi connectivity index (χ4n) is 2.26. The third-order valence-corrected chi connectivity index (χ3v) is 2.94. The Balaban J connectivity index is 2.06. The molecule has 0 aliphatic heterocycles. The summed E-state index contributed by atoms with van der Waals surface area (Å²) in [6, 6.07) is 8.60. The number of rotatable bonds is 1. The van der Waals surface area contributed by atoms with Gasteiger partial charge in [-0.1, -0.05) is 24.3 Å². The average Bonchev–Trinajstić information content (AvgIpc) is 2.85. The first kappa shape index (κ1) is 7.80. The molecule has 0 spiro atoms. The molecule has 0 fully saturated rings. The van der Waals surface area contributed by atoms with Crippen molar-refractivity contribution in [3.05, 3.63) is 53.7 Å². The zero-order chi connectivity index (χ0) is 9.38. The lowest BCUT2D eigenvalue weighted by Gasteiger charge is -2.06. The van der Waals surface area contributed by atoms with Crippen LogP contribution in [0.15, 0.2) is 41.3 Å². The molecule has 1 aromatic heterocycles. The Kier molecular flexibility index (Phi) is 1.66. The lowest BCUT2D eigenvalue weighted by atomic mass is 9.99. The van der Waals surface area contributed by atoms with Gasteiger partial charge in [-0.3, -0.25) is 0 Å². The van der Waals surface area contributed by atoms with Crippen LogP contribution >= 0.6 is 0 Å². The summed E-state index contributed by atoms with van der Waals surface area (Å²) in [7, 11) is 0. The maximum Gasteiger partial charge on any atom is 0.180 e. The van der Waals surface area contributed by atoms with Crippen molar-refractivity contribution in [1.29, 1.82) is 0 Å². The first-order valence-corrected chi connectivity index (χ1v) is 4.91. The van der Waals surface area contributed by atoms with Gasteiger partial charge in [0.2, 0.25) is 0 Å². The summed E-state index contributed by atoms with van der Waals surface area (Å²) in [6.07, 6.45) is 5.59. The number of aryl methyl sites for hydroxylation is 1. The number of hydrogen-bond acceptors (Lipinski definition) is 2. The van der Waals surface area contributed by atoms with Gasteiger partial charge in [0.1, 0.15) is 6.26 Å². The topological polar surface area (TPSA) is 26.0 Å². The molecule has 0 saturated carbocycles. The van der Waals surface area contributed by atoms with Crippen LogP contribution in [-0.4, -0.2) is 4.98 Å². The normalized spacial score (nSPS) is 19.6. The van der Waals surface area contributed by atoms with Crippen molar-refractivity contribution in [3.63, 3.8) is 0 Å². The lowest BCUT2D eigenvalue weighted by Crippen LogP contribution is -1.95. The van der Waals surface area contributed by atoms with Crippen LogP contribution in [0, 0.1) is 0 Å². The van der Waals surface area contributed by atoms with Crippen LogP contribution in [0.1, 0.15) is 29.2 Å². The fourth-order valence-corrected chi connectivity index (χ4v) is 2.26. The van der Waals surface area contributed by atoms with Gasteiger partial charge in [0.15, 0.2) is 6.39 Å². The molecule has 0 N–H and O–H groups in total. The predicted octanol–water partition coefficient (Wildman–Crippen LogP) is 2.75. The molecule has 1 heterocycles. The molecule has 14 heavy (non-hydrogen) atoms. The van der Waals surface area contributed by atoms with Crippen molar-refractivity contribution >= 4 is 0 Å². The van der Waals surface area contributed by atoms with Crippen LogP contribution in [-0.2, 0) is 6.42 Å². The molecule has 0 bridgehead atoms. The van der Waals surface area contributed by atoms with Crippen molar-refractivity contribution in [2.75, 3.05) is 0 Å².